The first-order valence-corrected chi connectivity index (χ1v) is 13.5. The lowest BCUT2D eigenvalue weighted by molar-refractivity contribution is -0.113. The molecule has 0 fully saturated rings. The highest BCUT2D eigenvalue weighted by Crippen LogP contribution is 2.37. The molecule has 3 aromatic heterocycles. The van der Waals surface area contributed by atoms with E-state index in [2.05, 4.69) is 21.6 Å². The number of carbonyl (C=O) groups is 2. The number of fused-ring (bicyclic) bond motifs is 3. The van der Waals surface area contributed by atoms with Crippen LogP contribution in [0.5, 0.6) is 5.75 Å². The number of esters is 1. The molecule has 10 heteroatoms. The molecule has 5 rings (SSSR count). The number of benzene rings is 2. The number of aromatic nitrogens is 3. The second-order valence-corrected chi connectivity index (χ2v) is 9.98. The fourth-order valence-corrected chi connectivity index (χ4v) is 5.83. The van der Waals surface area contributed by atoms with Crippen LogP contribution in [-0.2, 0) is 9.53 Å². The lowest BCUT2D eigenvalue weighted by atomic mass is 10.0. The van der Waals surface area contributed by atoms with Crippen molar-refractivity contribution in [3.05, 3.63) is 71.1 Å². The number of anilines is 1. The summed E-state index contributed by atoms with van der Waals surface area (Å²) in [5.41, 5.74) is 4.68. The summed E-state index contributed by atoms with van der Waals surface area (Å²) in [5.74, 6) is 0.0712. The number of carbonyl (C=O) groups excluding carboxylic acids is 2. The summed E-state index contributed by atoms with van der Waals surface area (Å²) in [6, 6.07) is 17.4. The van der Waals surface area contributed by atoms with Crippen LogP contribution in [0.1, 0.15) is 22.8 Å². The Hall–Kier alpha value is -3.89. The van der Waals surface area contributed by atoms with Crippen LogP contribution in [0.4, 0.5) is 5.00 Å². The van der Waals surface area contributed by atoms with Gasteiger partial charge in [0.05, 0.1) is 25.0 Å². The lowest BCUT2D eigenvalue weighted by Gasteiger charge is -2.09. The van der Waals surface area contributed by atoms with E-state index in [1.54, 1.807) is 14.0 Å². The second kappa shape index (κ2) is 10.6. The van der Waals surface area contributed by atoms with Crippen molar-refractivity contribution in [2.45, 2.75) is 19.0 Å². The molecule has 0 saturated carbocycles. The average molecular weight is 533 g/mol. The number of methoxy groups -OCH3 is 1. The van der Waals surface area contributed by atoms with Gasteiger partial charge in [0.15, 0.2) is 10.8 Å². The van der Waals surface area contributed by atoms with E-state index in [1.807, 2.05) is 65.2 Å². The van der Waals surface area contributed by atoms with Gasteiger partial charge in [0.1, 0.15) is 16.3 Å². The van der Waals surface area contributed by atoms with Crippen LogP contribution in [0, 0.1) is 6.92 Å². The number of thiophene rings is 1. The van der Waals surface area contributed by atoms with Gasteiger partial charge in [0, 0.05) is 16.3 Å². The molecule has 0 bridgehead atoms. The van der Waals surface area contributed by atoms with Gasteiger partial charge in [-0.2, -0.15) is 0 Å². The molecular weight excluding hydrogens is 508 g/mol. The predicted octanol–water partition coefficient (Wildman–Crippen LogP) is 5.84. The van der Waals surface area contributed by atoms with Crippen LogP contribution in [-0.4, -0.2) is 45.9 Å². The monoisotopic (exact) mass is 532 g/mol. The normalized spacial score (nSPS) is 11.1. The Morgan fingerprint density at radius 1 is 1.11 bits per heavy atom. The largest absolute Gasteiger partial charge is 0.497 e. The second-order valence-electron chi connectivity index (χ2n) is 8.16. The average Bonchev–Trinajstić information content (AvgIpc) is 3.52. The zero-order valence-corrected chi connectivity index (χ0v) is 22.1. The molecule has 188 valence electrons. The summed E-state index contributed by atoms with van der Waals surface area (Å²) in [4.78, 5) is 25.8. The first-order valence-electron chi connectivity index (χ1n) is 11.6. The highest BCUT2D eigenvalue weighted by atomic mass is 32.2. The maximum Gasteiger partial charge on any atom is 0.341 e. The molecule has 0 aliphatic carbocycles. The maximum atomic E-state index is 13.0. The number of aryl methyl sites for hydroxylation is 1. The van der Waals surface area contributed by atoms with Crippen LogP contribution < -0.4 is 10.1 Å². The molecule has 3 heterocycles. The Morgan fingerprint density at radius 2 is 1.89 bits per heavy atom. The number of nitrogens with zero attached hydrogens (tertiary/aromatic N) is 3. The lowest BCUT2D eigenvalue weighted by Crippen LogP contribution is -2.16. The van der Waals surface area contributed by atoms with Crippen molar-refractivity contribution < 1.29 is 19.1 Å². The standard InChI is InChI=1S/C27H24N4O4S2/c1-4-35-26(33)24-20(17-9-11-18(34-3)12-10-17)14-36-25(24)28-23(32)15-37-27-30-29-22-13-16(2)19-7-5-6-8-21(19)31(22)27/h5-14H,4,15H2,1-3H3,(H,28,32). The Bertz CT molecular complexity index is 1610. The number of para-hydroxylation sites is 1. The Balaban J connectivity index is 1.38. The zero-order chi connectivity index (χ0) is 25.9. The summed E-state index contributed by atoms with van der Waals surface area (Å²) in [6.07, 6.45) is 0. The topological polar surface area (TPSA) is 94.8 Å². The molecule has 37 heavy (non-hydrogen) atoms. The number of ether oxygens (including phenoxy) is 2. The van der Waals surface area contributed by atoms with E-state index < -0.39 is 5.97 Å². The van der Waals surface area contributed by atoms with Crippen LogP contribution in [0.15, 0.2) is 65.1 Å². The van der Waals surface area contributed by atoms with E-state index in [0.29, 0.717) is 27.0 Å². The third kappa shape index (κ3) is 4.90. The van der Waals surface area contributed by atoms with Gasteiger partial charge in [-0.1, -0.05) is 42.1 Å². The van der Waals surface area contributed by atoms with Gasteiger partial charge in [-0.15, -0.1) is 21.5 Å². The Morgan fingerprint density at radius 3 is 2.65 bits per heavy atom. The SMILES string of the molecule is CCOC(=O)c1c(-c2ccc(OC)cc2)csc1NC(=O)CSc1nnc2cc(C)c3ccccc3n12. The van der Waals surface area contributed by atoms with Crippen molar-refractivity contribution in [1.29, 1.82) is 0 Å². The number of thioether (sulfide) groups is 1. The summed E-state index contributed by atoms with van der Waals surface area (Å²) in [7, 11) is 1.60. The molecule has 0 aliphatic rings. The van der Waals surface area contributed by atoms with Gasteiger partial charge < -0.3 is 14.8 Å². The number of nitrogens with one attached hydrogen (secondary N) is 1. The van der Waals surface area contributed by atoms with Crippen molar-refractivity contribution in [2.75, 3.05) is 24.8 Å². The fraction of sp³-hybridized carbons (Fsp3) is 0.185. The first-order chi connectivity index (χ1) is 18.0. The van der Waals surface area contributed by atoms with Crippen molar-refractivity contribution in [3.8, 4) is 16.9 Å². The smallest absolute Gasteiger partial charge is 0.341 e. The van der Waals surface area contributed by atoms with Gasteiger partial charge >= 0.3 is 5.97 Å². The summed E-state index contributed by atoms with van der Waals surface area (Å²) >= 11 is 2.57. The number of pyridine rings is 1. The van der Waals surface area contributed by atoms with Gasteiger partial charge in [0.2, 0.25) is 5.91 Å². The third-order valence-electron chi connectivity index (χ3n) is 5.83. The third-order valence-corrected chi connectivity index (χ3v) is 7.66. The zero-order valence-electron chi connectivity index (χ0n) is 20.5. The molecule has 8 nitrogen and oxygen atoms in total. The van der Waals surface area contributed by atoms with Crippen molar-refractivity contribution in [1.82, 2.24) is 14.6 Å². The van der Waals surface area contributed by atoms with Crippen LogP contribution >= 0.6 is 23.1 Å². The quantitative estimate of drug-likeness (QED) is 0.198. The maximum absolute atomic E-state index is 13.0. The molecule has 2 aromatic carbocycles. The molecular formula is C27H24N4O4S2. The van der Waals surface area contributed by atoms with E-state index in [1.165, 1.54) is 23.1 Å². The van der Waals surface area contributed by atoms with E-state index in [-0.39, 0.29) is 18.3 Å². The van der Waals surface area contributed by atoms with Crippen molar-refractivity contribution >= 4 is 56.5 Å². The first kappa shape index (κ1) is 24.8. The fourth-order valence-electron chi connectivity index (χ4n) is 4.10. The van der Waals surface area contributed by atoms with Crippen LogP contribution in [0.2, 0.25) is 0 Å². The highest BCUT2D eigenvalue weighted by Gasteiger charge is 2.23. The molecule has 0 spiro atoms. The minimum atomic E-state index is -0.484. The van der Waals surface area contributed by atoms with E-state index in [9.17, 15) is 9.59 Å². The number of hydrogen-bond acceptors (Lipinski definition) is 8. The van der Waals surface area contributed by atoms with Crippen molar-refractivity contribution in [2.24, 2.45) is 0 Å². The summed E-state index contributed by atoms with van der Waals surface area (Å²) < 4.78 is 12.5. The molecule has 0 saturated heterocycles. The molecule has 5 aromatic rings. The molecule has 0 radical (unpaired) electrons. The molecule has 1 N–H and O–H groups in total. The molecule has 1 amide bonds. The number of rotatable bonds is 8. The highest BCUT2D eigenvalue weighted by molar-refractivity contribution is 7.99. The van der Waals surface area contributed by atoms with E-state index in [4.69, 9.17) is 9.47 Å². The number of amides is 1. The van der Waals surface area contributed by atoms with Gasteiger partial charge in [-0.25, -0.2) is 4.79 Å². The Labute approximate surface area is 221 Å². The molecule has 0 aliphatic heterocycles. The minimum Gasteiger partial charge on any atom is -0.497 e. The molecule has 0 atom stereocenters. The van der Waals surface area contributed by atoms with Crippen LogP contribution in [0.25, 0.3) is 27.7 Å². The predicted molar refractivity (Wildman–Crippen MR) is 147 cm³/mol. The summed E-state index contributed by atoms with van der Waals surface area (Å²) in [6.45, 7) is 4.02. The Kier molecular flexibility index (Phi) is 7.11. The van der Waals surface area contributed by atoms with Crippen molar-refractivity contribution in [3.63, 3.8) is 0 Å². The minimum absolute atomic E-state index is 0.0982. The van der Waals surface area contributed by atoms with Gasteiger partial charge in [-0.3, -0.25) is 9.20 Å². The van der Waals surface area contributed by atoms with Gasteiger partial charge in [0.25, 0.3) is 0 Å². The van der Waals surface area contributed by atoms with E-state index >= 15 is 0 Å². The van der Waals surface area contributed by atoms with E-state index in [0.717, 1.165) is 27.7 Å². The van der Waals surface area contributed by atoms with Gasteiger partial charge in [-0.05, 0) is 49.2 Å². The summed E-state index contributed by atoms with van der Waals surface area (Å²) in [5, 5.41) is 15.5. The number of hydrogen-bond donors (Lipinski definition) is 1. The van der Waals surface area contributed by atoms with Crippen LogP contribution in [0.3, 0.4) is 0 Å². The molecule has 0 unspecified atom stereocenters.